The minimum absolute atomic E-state index is 0.218. The van der Waals surface area contributed by atoms with E-state index >= 15 is 0 Å². The third-order valence-corrected chi connectivity index (χ3v) is 6.27. The van der Waals surface area contributed by atoms with Gasteiger partial charge >= 0.3 is 0 Å². The summed E-state index contributed by atoms with van der Waals surface area (Å²) in [6.45, 7) is 0.542. The summed E-state index contributed by atoms with van der Waals surface area (Å²) in [7, 11) is 0. The second-order valence-electron chi connectivity index (χ2n) is 7.35. The number of nitrogens with zero attached hydrogens (tertiary/aromatic N) is 4. The molecule has 164 valence electrons. The van der Waals surface area contributed by atoms with Crippen molar-refractivity contribution in [2.45, 2.75) is 17.5 Å². The number of aromatic amines is 1. The highest BCUT2D eigenvalue weighted by Crippen LogP contribution is 2.27. The Bertz CT molecular complexity index is 1490. The molecule has 0 saturated carbocycles. The molecule has 2 aromatic heterocycles. The van der Waals surface area contributed by atoms with Gasteiger partial charge in [-0.1, -0.05) is 53.7 Å². The van der Waals surface area contributed by atoms with Gasteiger partial charge < -0.3 is 4.98 Å². The molecule has 0 aliphatic rings. The highest BCUT2D eigenvalue weighted by Gasteiger charge is 2.16. The number of hydrogen-bond donors (Lipinski definition) is 1. The molecule has 0 unspecified atom stereocenters. The van der Waals surface area contributed by atoms with Crippen LogP contribution in [-0.2, 0) is 12.3 Å². The second-order valence-corrected chi connectivity index (χ2v) is 8.73. The van der Waals surface area contributed by atoms with E-state index in [1.54, 1.807) is 30.3 Å². The van der Waals surface area contributed by atoms with E-state index in [1.165, 1.54) is 23.9 Å². The van der Waals surface area contributed by atoms with Crippen molar-refractivity contribution in [2.75, 3.05) is 0 Å². The maximum Gasteiger partial charge on any atom is 0.258 e. The van der Waals surface area contributed by atoms with Crippen LogP contribution in [-0.4, -0.2) is 24.7 Å². The molecule has 6 nitrogen and oxygen atoms in total. The fraction of sp³-hybridized carbons (Fsp3) is 0.0833. The first-order chi connectivity index (χ1) is 16.1. The average molecular weight is 478 g/mol. The number of nitrogens with one attached hydrogen (secondary N) is 1. The van der Waals surface area contributed by atoms with Crippen molar-refractivity contribution in [3.8, 4) is 11.4 Å². The lowest BCUT2D eigenvalue weighted by Crippen LogP contribution is -2.11. The van der Waals surface area contributed by atoms with Crippen LogP contribution in [0, 0.1) is 5.82 Å². The molecule has 0 bridgehead atoms. The zero-order valence-electron chi connectivity index (χ0n) is 17.2. The number of benzene rings is 3. The summed E-state index contributed by atoms with van der Waals surface area (Å²) in [5.74, 6) is 1.22. The number of hydrogen-bond acceptors (Lipinski definition) is 5. The molecule has 0 aliphatic heterocycles. The Kier molecular flexibility index (Phi) is 5.93. The minimum atomic E-state index is -0.311. The number of thioether (sulfide) groups is 1. The van der Waals surface area contributed by atoms with Crippen molar-refractivity contribution in [2.24, 2.45) is 0 Å². The lowest BCUT2D eigenvalue weighted by atomic mass is 10.2. The summed E-state index contributed by atoms with van der Waals surface area (Å²) >= 11 is 7.47. The van der Waals surface area contributed by atoms with Gasteiger partial charge in [0, 0.05) is 10.6 Å². The first kappa shape index (κ1) is 21.4. The third-order valence-electron chi connectivity index (χ3n) is 5.06. The number of H-pyrrole nitrogens is 1. The first-order valence-corrected chi connectivity index (χ1v) is 11.5. The molecule has 5 aromatic rings. The zero-order valence-corrected chi connectivity index (χ0v) is 18.8. The fourth-order valence-electron chi connectivity index (χ4n) is 3.48. The third kappa shape index (κ3) is 4.67. The average Bonchev–Trinajstić information content (AvgIpc) is 3.21. The Balaban J connectivity index is 1.48. The van der Waals surface area contributed by atoms with Crippen LogP contribution in [0.5, 0.6) is 0 Å². The summed E-state index contributed by atoms with van der Waals surface area (Å²) in [5.41, 5.74) is 2.16. The molecule has 1 N–H and O–H groups in total. The molecule has 3 aromatic carbocycles. The van der Waals surface area contributed by atoms with E-state index in [0.29, 0.717) is 45.0 Å². The van der Waals surface area contributed by atoms with Crippen LogP contribution in [0.3, 0.4) is 0 Å². The van der Waals surface area contributed by atoms with E-state index < -0.39 is 0 Å². The SMILES string of the molecule is O=c1[nH]c(CSc2nnc(-c3ccc(F)cc3)n2Cc2ccccc2)nc2cc(Cl)ccc12. The van der Waals surface area contributed by atoms with E-state index in [9.17, 15) is 9.18 Å². The van der Waals surface area contributed by atoms with E-state index in [2.05, 4.69) is 20.2 Å². The number of aromatic nitrogens is 5. The molecule has 2 heterocycles. The van der Waals surface area contributed by atoms with Gasteiger partial charge in [0.05, 0.1) is 23.2 Å². The molecular weight excluding hydrogens is 461 g/mol. The van der Waals surface area contributed by atoms with Crippen LogP contribution in [0.4, 0.5) is 4.39 Å². The van der Waals surface area contributed by atoms with Crippen LogP contribution in [0.15, 0.2) is 82.7 Å². The zero-order chi connectivity index (χ0) is 22.8. The Hall–Kier alpha value is -3.49. The van der Waals surface area contributed by atoms with E-state index in [1.807, 2.05) is 34.9 Å². The molecule has 0 spiro atoms. The Morgan fingerprint density at radius 3 is 2.58 bits per heavy atom. The van der Waals surface area contributed by atoms with Crippen LogP contribution in [0.1, 0.15) is 11.4 Å². The van der Waals surface area contributed by atoms with Gasteiger partial charge in [-0.2, -0.15) is 0 Å². The van der Waals surface area contributed by atoms with Crippen molar-refractivity contribution < 1.29 is 4.39 Å². The first-order valence-electron chi connectivity index (χ1n) is 10.1. The summed E-state index contributed by atoms with van der Waals surface area (Å²) in [6.07, 6.45) is 0. The quantitative estimate of drug-likeness (QED) is 0.335. The topological polar surface area (TPSA) is 76.5 Å². The summed E-state index contributed by atoms with van der Waals surface area (Å²) in [6, 6.07) is 21.1. The molecule has 9 heteroatoms. The maximum atomic E-state index is 13.4. The molecule has 0 aliphatic carbocycles. The standard InChI is InChI=1S/C24H17ClFN5OS/c25-17-8-11-19-20(12-17)27-21(28-23(19)32)14-33-24-30-29-22(16-6-9-18(26)10-7-16)31(24)13-15-4-2-1-3-5-15/h1-12H,13-14H2,(H,27,28,32). The van der Waals surface area contributed by atoms with Crippen molar-refractivity contribution in [1.82, 2.24) is 24.7 Å². The van der Waals surface area contributed by atoms with Crippen LogP contribution < -0.4 is 5.56 Å². The largest absolute Gasteiger partial charge is 0.309 e. The predicted octanol–water partition coefficient (Wildman–Crippen LogP) is 5.31. The van der Waals surface area contributed by atoms with Crippen LogP contribution in [0.2, 0.25) is 5.02 Å². The van der Waals surface area contributed by atoms with Gasteiger partial charge in [-0.15, -0.1) is 10.2 Å². The monoisotopic (exact) mass is 477 g/mol. The van der Waals surface area contributed by atoms with Gasteiger partial charge in [-0.3, -0.25) is 9.36 Å². The molecule has 33 heavy (non-hydrogen) atoms. The minimum Gasteiger partial charge on any atom is -0.309 e. The molecule has 0 atom stereocenters. The van der Waals surface area contributed by atoms with Crippen molar-refractivity contribution in [1.29, 1.82) is 0 Å². The van der Waals surface area contributed by atoms with E-state index in [4.69, 9.17) is 11.6 Å². The molecule has 0 amide bonds. The molecule has 0 fully saturated rings. The maximum absolute atomic E-state index is 13.4. The van der Waals surface area contributed by atoms with Crippen LogP contribution >= 0.6 is 23.4 Å². The van der Waals surface area contributed by atoms with E-state index in [0.717, 1.165) is 11.1 Å². The number of halogens is 2. The molecular formula is C24H17ClFN5OS. The summed E-state index contributed by atoms with van der Waals surface area (Å²) < 4.78 is 15.4. The van der Waals surface area contributed by atoms with Crippen LogP contribution in [0.25, 0.3) is 22.3 Å². The smallest absolute Gasteiger partial charge is 0.258 e. The Morgan fingerprint density at radius 1 is 1.00 bits per heavy atom. The Labute approximate surface area is 197 Å². The van der Waals surface area contributed by atoms with Gasteiger partial charge in [-0.25, -0.2) is 9.37 Å². The van der Waals surface area contributed by atoms with Crippen molar-refractivity contribution in [3.63, 3.8) is 0 Å². The highest BCUT2D eigenvalue weighted by molar-refractivity contribution is 7.98. The fourth-order valence-corrected chi connectivity index (χ4v) is 4.45. The summed E-state index contributed by atoms with van der Waals surface area (Å²) in [4.78, 5) is 19.8. The lowest BCUT2D eigenvalue weighted by Gasteiger charge is -2.11. The van der Waals surface area contributed by atoms with Gasteiger partial charge in [0.2, 0.25) is 0 Å². The molecule has 0 saturated heterocycles. The lowest BCUT2D eigenvalue weighted by molar-refractivity contribution is 0.628. The molecule has 0 radical (unpaired) electrons. The second kappa shape index (κ2) is 9.17. The predicted molar refractivity (Wildman–Crippen MR) is 128 cm³/mol. The molecule has 5 rings (SSSR count). The van der Waals surface area contributed by atoms with E-state index in [-0.39, 0.29) is 11.4 Å². The number of rotatable bonds is 6. The van der Waals surface area contributed by atoms with Gasteiger partial charge in [-0.05, 0) is 48.0 Å². The van der Waals surface area contributed by atoms with Crippen molar-refractivity contribution in [3.05, 3.63) is 105 Å². The number of fused-ring (bicyclic) bond motifs is 1. The summed E-state index contributed by atoms with van der Waals surface area (Å²) in [5, 5.41) is 10.4. The highest BCUT2D eigenvalue weighted by atomic mass is 35.5. The van der Waals surface area contributed by atoms with Gasteiger partial charge in [0.25, 0.3) is 5.56 Å². The Morgan fingerprint density at radius 2 is 1.79 bits per heavy atom. The normalized spacial score (nSPS) is 11.2. The van der Waals surface area contributed by atoms with Gasteiger partial charge in [0.1, 0.15) is 11.6 Å². The van der Waals surface area contributed by atoms with Crippen molar-refractivity contribution >= 4 is 34.3 Å². The van der Waals surface area contributed by atoms with Gasteiger partial charge in [0.15, 0.2) is 11.0 Å².